The Morgan fingerprint density at radius 2 is 2.00 bits per heavy atom. The average Bonchev–Trinajstić information content (AvgIpc) is 3.15. The van der Waals surface area contributed by atoms with Crippen LogP contribution in [0.1, 0.15) is 27.9 Å². The van der Waals surface area contributed by atoms with Crippen molar-refractivity contribution in [2.75, 3.05) is 5.32 Å². The number of nitrogens with one attached hydrogen (secondary N) is 2. The van der Waals surface area contributed by atoms with Gasteiger partial charge in [-0.1, -0.05) is 18.2 Å². The summed E-state index contributed by atoms with van der Waals surface area (Å²) in [4.78, 5) is 23.8. The van der Waals surface area contributed by atoms with Gasteiger partial charge in [-0.2, -0.15) is 5.10 Å². The van der Waals surface area contributed by atoms with Crippen molar-refractivity contribution in [3.63, 3.8) is 0 Å². The molecule has 2 N–H and O–H groups in total. The summed E-state index contributed by atoms with van der Waals surface area (Å²) in [6, 6.07) is 15.2. The first-order valence-corrected chi connectivity index (χ1v) is 8.49. The van der Waals surface area contributed by atoms with Crippen LogP contribution in [0.3, 0.4) is 0 Å². The lowest BCUT2D eigenvalue weighted by molar-refractivity contribution is -0.116. The Labute approximate surface area is 150 Å². The van der Waals surface area contributed by atoms with Crippen LogP contribution >= 0.6 is 0 Å². The first-order chi connectivity index (χ1) is 12.7. The lowest BCUT2D eigenvalue weighted by Crippen LogP contribution is -2.24. The van der Waals surface area contributed by atoms with E-state index in [-0.39, 0.29) is 11.8 Å². The summed E-state index contributed by atoms with van der Waals surface area (Å²) in [5.74, 6) is -0.123. The highest BCUT2D eigenvalue weighted by Crippen LogP contribution is 2.23. The van der Waals surface area contributed by atoms with E-state index in [0.717, 1.165) is 22.5 Å². The molecule has 2 amide bonds. The standard InChI is InChI=1S/C20H18N4O2/c25-19-9-7-15-10-16(6-8-18(15)23-19)20(26)21-11-14-12-22-24(13-14)17-4-2-1-3-5-17/h1-6,8,10,12-13H,7,9,11H2,(H,21,26)(H,23,25). The molecule has 1 aliphatic rings. The molecule has 6 heteroatoms. The van der Waals surface area contributed by atoms with Crippen LogP contribution in [0.4, 0.5) is 5.69 Å². The molecule has 0 spiro atoms. The predicted molar refractivity (Wildman–Crippen MR) is 98.1 cm³/mol. The number of aromatic nitrogens is 2. The van der Waals surface area contributed by atoms with E-state index in [1.165, 1.54) is 0 Å². The van der Waals surface area contributed by atoms with Crippen molar-refractivity contribution in [2.45, 2.75) is 19.4 Å². The van der Waals surface area contributed by atoms with Crippen molar-refractivity contribution >= 4 is 17.5 Å². The van der Waals surface area contributed by atoms with Crippen LogP contribution in [0, 0.1) is 0 Å². The van der Waals surface area contributed by atoms with Crippen LogP contribution in [0.15, 0.2) is 60.9 Å². The number of para-hydroxylation sites is 1. The van der Waals surface area contributed by atoms with Gasteiger partial charge in [0.05, 0.1) is 11.9 Å². The third-order valence-corrected chi connectivity index (χ3v) is 4.37. The minimum Gasteiger partial charge on any atom is -0.348 e. The van der Waals surface area contributed by atoms with Gasteiger partial charge in [0.2, 0.25) is 5.91 Å². The van der Waals surface area contributed by atoms with Crippen molar-refractivity contribution in [1.82, 2.24) is 15.1 Å². The quantitative estimate of drug-likeness (QED) is 0.763. The number of aryl methyl sites for hydroxylation is 1. The number of amides is 2. The van der Waals surface area contributed by atoms with Crippen LogP contribution in [-0.2, 0) is 17.8 Å². The van der Waals surface area contributed by atoms with E-state index >= 15 is 0 Å². The van der Waals surface area contributed by atoms with Crippen LogP contribution < -0.4 is 10.6 Å². The maximum atomic E-state index is 12.4. The Morgan fingerprint density at radius 3 is 2.85 bits per heavy atom. The van der Waals surface area contributed by atoms with E-state index in [1.807, 2.05) is 42.6 Å². The Kier molecular flexibility index (Phi) is 4.23. The molecule has 0 bridgehead atoms. The zero-order valence-corrected chi connectivity index (χ0v) is 14.1. The highest BCUT2D eigenvalue weighted by Gasteiger charge is 2.16. The summed E-state index contributed by atoms with van der Waals surface area (Å²) >= 11 is 0. The number of fused-ring (bicyclic) bond motifs is 1. The lowest BCUT2D eigenvalue weighted by Gasteiger charge is -2.17. The van der Waals surface area contributed by atoms with Crippen molar-refractivity contribution in [3.05, 3.63) is 77.6 Å². The molecule has 0 saturated heterocycles. The fourth-order valence-electron chi connectivity index (χ4n) is 2.98. The molecule has 0 fully saturated rings. The number of rotatable bonds is 4. The second-order valence-electron chi connectivity index (χ2n) is 6.23. The number of carbonyl (C=O) groups is 2. The molecule has 0 unspecified atom stereocenters. The Morgan fingerprint density at radius 1 is 1.15 bits per heavy atom. The Hall–Kier alpha value is -3.41. The monoisotopic (exact) mass is 346 g/mol. The molecule has 26 heavy (non-hydrogen) atoms. The molecule has 3 aromatic rings. The summed E-state index contributed by atoms with van der Waals surface area (Å²) < 4.78 is 1.78. The van der Waals surface area contributed by atoms with E-state index in [1.54, 1.807) is 23.0 Å². The molecular weight excluding hydrogens is 328 g/mol. The molecule has 6 nitrogen and oxygen atoms in total. The molecule has 0 atom stereocenters. The number of hydrogen-bond acceptors (Lipinski definition) is 3. The van der Waals surface area contributed by atoms with Gasteiger partial charge in [0, 0.05) is 36.0 Å². The molecule has 0 saturated carbocycles. The van der Waals surface area contributed by atoms with Gasteiger partial charge in [-0.15, -0.1) is 0 Å². The molecule has 0 aliphatic carbocycles. The topological polar surface area (TPSA) is 76.0 Å². The van der Waals surface area contributed by atoms with Crippen LogP contribution in [0.25, 0.3) is 5.69 Å². The summed E-state index contributed by atoms with van der Waals surface area (Å²) in [7, 11) is 0. The van der Waals surface area contributed by atoms with Gasteiger partial charge in [0.25, 0.3) is 5.91 Å². The predicted octanol–water partition coefficient (Wildman–Crippen LogP) is 2.69. The highest BCUT2D eigenvalue weighted by molar-refractivity contribution is 5.97. The fraction of sp³-hybridized carbons (Fsp3) is 0.150. The first-order valence-electron chi connectivity index (χ1n) is 8.49. The van der Waals surface area contributed by atoms with Crippen LogP contribution in [-0.4, -0.2) is 21.6 Å². The number of hydrogen-bond donors (Lipinski definition) is 2. The maximum absolute atomic E-state index is 12.4. The largest absolute Gasteiger partial charge is 0.348 e. The van der Waals surface area contributed by atoms with Gasteiger partial charge in [-0.25, -0.2) is 4.68 Å². The molecule has 2 aromatic carbocycles. The van der Waals surface area contributed by atoms with Crippen LogP contribution in [0.5, 0.6) is 0 Å². The highest BCUT2D eigenvalue weighted by atomic mass is 16.2. The zero-order valence-electron chi connectivity index (χ0n) is 14.1. The third kappa shape index (κ3) is 3.35. The van der Waals surface area contributed by atoms with Crippen molar-refractivity contribution in [3.8, 4) is 5.69 Å². The second kappa shape index (κ2) is 6.84. The summed E-state index contributed by atoms with van der Waals surface area (Å²) in [6.07, 6.45) is 4.76. The van der Waals surface area contributed by atoms with Crippen molar-refractivity contribution in [1.29, 1.82) is 0 Å². The van der Waals surface area contributed by atoms with Gasteiger partial charge in [-0.3, -0.25) is 9.59 Å². The van der Waals surface area contributed by atoms with Gasteiger partial charge in [0.1, 0.15) is 0 Å². The van der Waals surface area contributed by atoms with E-state index in [4.69, 9.17) is 0 Å². The van der Waals surface area contributed by atoms with Crippen molar-refractivity contribution < 1.29 is 9.59 Å². The second-order valence-corrected chi connectivity index (χ2v) is 6.23. The number of anilines is 1. The van der Waals surface area contributed by atoms with E-state index in [2.05, 4.69) is 15.7 Å². The molecule has 1 aromatic heterocycles. The normalized spacial score (nSPS) is 13.0. The van der Waals surface area contributed by atoms with E-state index < -0.39 is 0 Å². The van der Waals surface area contributed by atoms with Gasteiger partial charge in [-0.05, 0) is 42.3 Å². The zero-order chi connectivity index (χ0) is 17.9. The lowest BCUT2D eigenvalue weighted by atomic mass is 10.00. The van der Waals surface area contributed by atoms with E-state index in [0.29, 0.717) is 24.9 Å². The molecular formula is C20H18N4O2. The smallest absolute Gasteiger partial charge is 0.251 e. The summed E-state index contributed by atoms with van der Waals surface area (Å²) in [6.45, 7) is 0.402. The third-order valence-electron chi connectivity index (χ3n) is 4.37. The molecule has 2 heterocycles. The molecule has 0 radical (unpaired) electrons. The van der Waals surface area contributed by atoms with Crippen LogP contribution in [0.2, 0.25) is 0 Å². The van der Waals surface area contributed by atoms with Gasteiger partial charge < -0.3 is 10.6 Å². The molecule has 130 valence electrons. The molecule has 4 rings (SSSR count). The first kappa shape index (κ1) is 16.1. The fourth-order valence-corrected chi connectivity index (χ4v) is 2.98. The number of nitrogens with zero attached hydrogens (tertiary/aromatic N) is 2. The van der Waals surface area contributed by atoms with E-state index in [9.17, 15) is 9.59 Å². The van der Waals surface area contributed by atoms with Gasteiger partial charge >= 0.3 is 0 Å². The Balaban J connectivity index is 1.42. The number of carbonyl (C=O) groups excluding carboxylic acids is 2. The summed E-state index contributed by atoms with van der Waals surface area (Å²) in [5, 5.41) is 10.1. The minimum atomic E-state index is -0.142. The molecule has 1 aliphatic heterocycles. The Bertz CT molecular complexity index is 963. The maximum Gasteiger partial charge on any atom is 0.251 e. The summed E-state index contributed by atoms with van der Waals surface area (Å²) in [5.41, 5.74) is 4.28. The van der Waals surface area contributed by atoms with Gasteiger partial charge in [0.15, 0.2) is 0 Å². The number of benzene rings is 2. The van der Waals surface area contributed by atoms with Crippen molar-refractivity contribution in [2.24, 2.45) is 0 Å². The SMILES string of the molecule is O=C1CCc2cc(C(=O)NCc3cnn(-c4ccccc4)c3)ccc2N1. The average molecular weight is 346 g/mol. The minimum absolute atomic E-state index is 0.0186.